The van der Waals surface area contributed by atoms with E-state index in [4.69, 9.17) is 0 Å². The van der Waals surface area contributed by atoms with E-state index >= 15 is 0 Å². The van der Waals surface area contributed by atoms with E-state index < -0.39 is 12.0 Å². The number of amides is 3. The summed E-state index contributed by atoms with van der Waals surface area (Å²) < 4.78 is 1.37. The van der Waals surface area contributed by atoms with Crippen LogP contribution in [0.25, 0.3) is 0 Å². The van der Waals surface area contributed by atoms with Crippen molar-refractivity contribution in [2.75, 3.05) is 18.8 Å². The Morgan fingerprint density at radius 3 is 2.72 bits per heavy atom. The van der Waals surface area contributed by atoms with Gasteiger partial charge in [0.25, 0.3) is 5.91 Å². The number of likely N-dealkylation sites (tertiary alicyclic amines) is 1. The number of carbonyl (C=O) groups excluding carboxylic acids is 3. The first-order valence-electron chi connectivity index (χ1n) is 11.6. The summed E-state index contributed by atoms with van der Waals surface area (Å²) in [6.45, 7) is 2.26. The fourth-order valence-electron chi connectivity index (χ4n) is 5.22. The molecule has 0 radical (unpaired) electrons. The lowest BCUT2D eigenvalue weighted by Gasteiger charge is -2.49. The number of carboxylic acid groups (broad SMARTS) is 1. The van der Waals surface area contributed by atoms with E-state index in [1.165, 1.54) is 28.3 Å². The summed E-state index contributed by atoms with van der Waals surface area (Å²) in [5.74, 6) is -1.71. The SMILES string of the molecule is CC(=O)N1C[C@H]2CC(CSc3nnnn3CC(=O)NCCc3ccccc3)=C(C(=O)O)N3C(=O)[C@@H]1[C@@H]23. The van der Waals surface area contributed by atoms with Crippen LogP contribution < -0.4 is 5.32 Å². The lowest BCUT2D eigenvalue weighted by molar-refractivity contribution is -0.159. The van der Waals surface area contributed by atoms with Crippen molar-refractivity contribution in [1.82, 2.24) is 35.3 Å². The van der Waals surface area contributed by atoms with Gasteiger partial charge in [-0.15, -0.1) is 5.10 Å². The second-order valence-corrected chi connectivity index (χ2v) is 9.97. The van der Waals surface area contributed by atoms with Crippen LogP contribution in [0, 0.1) is 5.92 Å². The molecule has 36 heavy (non-hydrogen) atoms. The van der Waals surface area contributed by atoms with Gasteiger partial charge in [-0.1, -0.05) is 42.1 Å². The van der Waals surface area contributed by atoms with E-state index in [1.54, 1.807) is 4.90 Å². The van der Waals surface area contributed by atoms with Crippen molar-refractivity contribution in [2.24, 2.45) is 5.92 Å². The summed E-state index contributed by atoms with van der Waals surface area (Å²) in [4.78, 5) is 52.1. The fraction of sp³-hybridized carbons (Fsp3) is 0.435. The summed E-state index contributed by atoms with van der Waals surface area (Å²) >= 11 is 1.21. The average molecular weight is 512 g/mol. The van der Waals surface area contributed by atoms with E-state index in [2.05, 4.69) is 20.8 Å². The van der Waals surface area contributed by atoms with E-state index in [0.29, 0.717) is 36.7 Å². The number of hydrogen-bond acceptors (Lipinski definition) is 8. The van der Waals surface area contributed by atoms with Crippen molar-refractivity contribution < 1.29 is 24.3 Å². The number of thioether (sulfide) groups is 1. The molecule has 13 heteroatoms. The third-order valence-electron chi connectivity index (χ3n) is 6.80. The summed E-state index contributed by atoms with van der Waals surface area (Å²) in [5.41, 5.74) is 1.69. The predicted octanol–water partition coefficient (Wildman–Crippen LogP) is -0.0758. The number of benzene rings is 1. The number of rotatable bonds is 9. The quantitative estimate of drug-likeness (QED) is 0.348. The molecule has 4 heterocycles. The second kappa shape index (κ2) is 9.72. The van der Waals surface area contributed by atoms with Crippen LogP contribution in [0.1, 0.15) is 18.9 Å². The minimum atomic E-state index is -1.17. The monoisotopic (exact) mass is 511 g/mol. The molecule has 2 aromatic rings. The van der Waals surface area contributed by atoms with E-state index in [1.807, 2.05) is 30.3 Å². The third-order valence-corrected chi connectivity index (χ3v) is 7.84. The lowest BCUT2D eigenvalue weighted by atomic mass is 9.79. The Labute approximate surface area is 210 Å². The smallest absolute Gasteiger partial charge is 0.352 e. The van der Waals surface area contributed by atoms with Crippen LogP contribution in [0.5, 0.6) is 0 Å². The minimum absolute atomic E-state index is 0.0123. The number of carboxylic acids is 1. The third kappa shape index (κ3) is 4.34. The molecule has 3 aliphatic heterocycles. The van der Waals surface area contributed by atoms with Crippen LogP contribution in [-0.4, -0.2) is 89.7 Å². The zero-order valence-corrected chi connectivity index (χ0v) is 20.3. The van der Waals surface area contributed by atoms with Crippen molar-refractivity contribution >= 4 is 35.5 Å². The molecule has 3 aliphatic rings. The average Bonchev–Trinajstić information content (AvgIpc) is 3.45. The van der Waals surface area contributed by atoms with E-state index in [0.717, 1.165) is 5.56 Å². The predicted molar refractivity (Wildman–Crippen MR) is 126 cm³/mol. The highest BCUT2D eigenvalue weighted by atomic mass is 32.2. The second-order valence-electron chi connectivity index (χ2n) is 9.03. The summed E-state index contributed by atoms with van der Waals surface area (Å²) in [7, 11) is 0. The molecule has 188 valence electrons. The van der Waals surface area contributed by atoms with Gasteiger partial charge in [0.1, 0.15) is 18.3 Å². The van der Waals surface area contributed by atoms with Crippen molar-refractivity contribution in [3.63, 3.8) is 0 Å². The molecule has 1 aromatic heterocycles. The molecule has 12 nitrogen and oxygen atoms in total. The van der Waals surface area contributed by atoms with Gasteiger partial charge in [-0.25, -0.2) is 9.48 Å². The Morgan fingerprint density at radius 1 is 1.22 bits per heavy atom. The molecule has 0 aliphatic carbocycles. The van der Waals surface area contributed by atoms with Crippen LogP contribution in [-0.2, 0) is 32.1 Å². The molecular weight excluding hydrogens is 486 g/mol. The molecule has 2 saturated heterocycles. The van der Waals surface area contributed by atoms with Gasteiger partial charge in [0, 0.05) is 31.7 Å². The Kier molecular flexibility index (Phi) is 6.48. The van der Waals surface area contributed by atoms with Crippen LogP contribution in [0.15, 0.2) is 46.8 Å². The Hall–Kier alpha value is -3.74. The highest BCUT2D eigenvalue weighted by Gasteiger charge is 2.63. The largest absolute Gasteiger partial charge is 0.477 e. The molecule has 3 amide bonds. The maximum atomic E-state index is 12.8. The normalized spacial score (nSPS) is 22.4. The highest BCUT2D eigenvalue weighted by Crippen LogP contribution is 2.47. The first-order chi connectivity index (χ1) is 17.3. The van der Waals surface area contributed by atoms with Crippen molar-refractivity contribution in [3.05, 3.63) is 47.2 Å². The van der Waals surface area contributed by atoms with Gasteiger partial charge in [-0.3, -0.25) is 19.3 Å². The maximum Gasteiger partial charge on any atom is 0.352 e. The van der Waals surface area contributed by atoms with Gasteiger partial charge in [0.2, 0.25) is 17.0 Å². The van der Waals surface area contributed by atoms with Gasteiger partial charge < -0.3 is 15.3 Å². The van der Waals surface area contributed by atoms with Crippen LogP contribution in [0.4, 0.5) is 0 Å². The molecule has 0 unspecified atom stereocenters. The molecule has 0 spiro atoms. The van der Waals surface area contributed by atoms with Gasteiger partial charge in [-0.2, -0.15) is 0 Å². The zero-order valence-electron chi connectivity index (χ0n) is 19.5. The zero-order chi connectivity index (χ0) is 25.4. The Morgan fingerprint density at radius 2 is 2.00 bits per heavy atom. The van der Waals surface area contributed by atoms with E-state index in [-0.39, 0.29) is 47.7 Å². The van der Waals surface area contributed by atoms with Crippen LogP contribution in [0.3, 0.4) is 0 Å². The topological polar surface area (TPSA) is 151 Å². The molecular formula is C23H25N7O5S. The van der Waals surface area contributed by atoms with Gasteiger partial charge in [0.05, 0.1) is 6.04 Å². The van der Waals surface area contributed by atoms with Crippen molar-refractivity contribution in [2.45, 2.75) is 43.6 Å². The molecule has 0 bridgehead atoms. The van der Waals surface area contributed by atoms with Gasteiger partial charge in [-0.05, 0) is 34.4 Å². The van der Waals surface area contributed by atoms with Crippen LogP contribution >= 0.6 is 11.8 Å². The van der Waals surface area contributed by atoms with E-state index in [9.17, 15) is 24.3 Å². The number of β-lactam (4-membered cyclic amide) rings is 1. The van der Waals surface area contributed by atoms with Crippen molar-refractivity contribution in [3.8, 4) is 0 Å². The minimum Gasteiger partial charge on any atom is -0.477 e. The Bertz CT molecular complexity index is 1250. The number of nitrogens with zero attached hydrogens (tertiary/aromatic N) is 6. The van der Waals surface area contributed by atoms with Gasteiger partial charge in [0.15, 0.2) is 0 Å². The number of carbonyl (C=O) groups is 4. The first-order valence-corrected chi connectivity index (χ1v) is 12.6. The molecule has 5 rings (SSSR count). The number of aliphatic carboxylic acids is 1. The number of hydrogen-bond donors (Lipinski definition) is 2. The number of aromatic nitrogens is 4. The molecule has 2 N–H and O–H groups in total. The summed E-state index contributed by atoms with van der Waals surface area (Å²) in [6.07, 6.45) is 1.17. The molecule has 1 aromatic carbocycles. The van der Waals surface area contributed by atoms with Gasteiger partial charge >= 0.3 is 5.97 Å². The lowest BCUT2D eigenvalue weighted by Crippen LogP contribution is -2.69. The highest BCUT2D eigenvalue weighted by molar-refractivity contribution is 7.99. The Balaban J connectivity index is 1.22. The molecule has 2 fully saturated rings. The summed E-state index contributed by atoms with van der Waals surface area (Å²) in [5, 5.41) is 24.6. The van der Waals surface area contributed by atoms with Crippen LogP contribution in [0.2, 0.25) is 0 Å². The molecule has 0 saturated carbocycles. The molecule has 3 atom stereocenters. The first kappa shape index (κ1) is 24.0. The maximum absolute atomic E-state index is 12.8. The summed E-state index contributed by atoms with van der Waals surface area (Å²) in [6, 6.07) is 8.96. The number of nitrogens with one attached hydrogen (secondary N) is 1. The number of tetrazole rings is 1. The fourth-order valence-corrected chi connectivity index (χ4v) is 6.12. The standard InChI is InChI=1S/C23H25N7O5S/c1-13(31)28-10-15-9-16(19(22(34)35)30-18(15)20(28)21(30)33)12-36-23-25-26-27-29(23)11-17(32)24-8-7-14-5-3-2-4-6-14/h2-6,15,18,20H,7-12H2,1H3,(H,24,32)(H,34,35)/t15-,18-,20+/m1/s1. The van der Waals surface area contributed by atoms with Crippen molar-refractivity contribution in [1.29, 1.82) is 0 Å².